The van der Waals surface area contributed by atoms with E-state index in [1.54, 1.807) is 24.3 Å². The Morgan fingerprint density at radius 3 is 2.36 bits per heavy atom. The number of hydrogen-bond donors (Lipinski definition) is 2. The van der Waals surface area contributed by atoms with Gasteiger partial charge in [-0.2, -0.15) is 0 Å². The van der Waals surface area contributed by atoms with E-state index in [1.165, 1.54) is 12.1 Å². The average molecular weight is 382 g/mol. The minimum absolute atomic E-state index is 0.0715. The van der Waals surface area contributed by atoms with E-state index in [1.807, 2.05) is 23.1 Å². The van der Waals surface area contributed by atoms with Crippen LogP contribution in [0.25, 0.3) is 0 Å². The minimum Gasteiger partial charge on any atom is -0.349 e. The molecule has 1 fully saturated rings. The van der Waals surface area contributed by atoms with E-state index < -0.39 is 4.92 Å². The predicted octanol–water partition coefficient (Wildman–Crippen LogP) is 2.43. The van der Waals surface area contributed by atoms with E-state index in [-0.39, 0.29) is 35.8 Å². The molecule has 0 bridgehead atoms. The molecule has 0 saturated carbocycles. The highest BCUT2D eigenvalue weighted by Crippen LogP contribution is 2.23. The third kappa shape index (κ3) is 5.14. The summed E-state index contributed by atoms with van der Waals surface area (Å²) in [7, 11) is 0. The maximum absolute atomic E-state index is 12.3. The van der Waals surface area contributed by atoms with Crippen LogP contribution in [-0.2, 0) is 4.79 Å². The molecule has 2 amide bonds. The quantitative estimate of drug-likeness (QED) is 0.590. The third-order valence-corrected chi connectivity index (χ3v) is 4.70. The van der Waals surface area contributed by atoms with Gasteiger partial charge in [-0.25, -0.2) is 0 Å². The summed E-state index contributed by atoms with van der Waals surface area (Å²) in [5.41, 5.74) is 0.703. The average Bonchev–Trinajstić information content (AvgIpc) is 2.70. The summed E-state index contributed by atoms with van der Waals surface area (Å²) < 4.78 is 0. The van der Waals surface area contributed by atoms with E-state index in [9.17, 15) is 19.7 Å². The molecule has 1 heterocycles. The first-order valence-corrected chi connectivity index (χ1v) is 9.14. The molecule has 0 spiro atoms. The summed E-state index contributed by atoms with van der Waals surface area (Å²) in [5, 5.41) is 16.7. The van der Waals surface area contributed by atoms with Crippen molar-refractivity contribution in [3.05, 3.63) is 70.3 Å². The molecule has 8 heteroatoms. The van der Waals surface area contributed by atoms with Crippen molar-refractivity contribution in [1.82, 2.24) is 10.2 Å². The van der Waals surface area contributed by atoms with E-state index in [2.05, 4.69) is 10.6 Å². The van der Waals surface area contributed by atoms with Crippen LogP contribution in [0.1, 0.15) is 23.2 Å². The summed E-state index contributed by atoms with van der Waals surface area (Å²) >= 11 is 0. The molecule has 1 saturated heterocycles. The van der Waals surface area contributed by atoms with Gasteiger partial charge in [0.1, 0.15) is 5.69 Å². The van der Waals surface area contributed by atoms with Gasteiger partial charge in [0.15, 0.2) is 0 Å². The highest BCUT2D eigenvalue weighted by atomic mass is 16.6. The van der Waals surface area contributed by atoms with Gasteiger partial charge < -0.3 is 10.6 Å². The molecule has 2 aromatic rings. The van der Waals surface area contributed by atoms with E-state index in [0.717, 1.165) is 12.8 Å². The largest absolute Gasteiger partial charge is 0.349 e. The molecule has 146 valence electrons. The normalized spacial score (nSPS) is 15.0. The number of nitro benzene ring substituents is 1. The van der Waals surface area contributed by atoms with Crippen molar-refractivity contribution in [2.45, 2.75) is 18.9 Å². The molecule has 1 aliphatic heterocycles. The number of nitro groups is 1. The van der Waals surface area contributed by atoms with Crippen molar-refractivity contribution in [2.75, 3.05) is 25.0 Å². The first-order valence-electron chi connectivity index (χ1n) is 9.14. The molecule has 2 aromatic carbocycles. The fourth-order valence-corrected chi connectivity index (χ4v) is 3.23. The van der Waals surface area contributed by atoms with Crippen LogP contribution < -0.4 is 10.6 Å². The second-order valence-electron chi connectivity index (χ2n) is 6.71. The van der Waals surface area contributed by atoms with Gasteiger partial charge in [-0.05, 0) is 31.0 Å². The van der Waals surface area contributed by atoms with Crippen LogP contribution in [0.2, 0.25) is 0 Å². The van der Waals surface area contributed by atoms with Gasteiger partial charge in [0.25, 0.3) is 11.6 Å². The summed E-state index contributed by atoms with van der Waals surface area (Å²) in [6.07, 6.45) is 1.49. The van der Waals surface area contributed by atoms with Crippen LogP contribution in [0.5, 0.6) is 0 Å². The highest BCUT2D eigenvalue weighted by molar-refractivity contribution is 5.95. The molecular formula is C20H22N4O4. The Hall–Kier alpha value is -3.26. The van der Waals surface area contributed by atoms with Gasteiger partial charge in [0.2, 0.25) is 5.91 Å². The zero-order valence-electron chi connectivity index (χ0n) is 15.3. The Labute approximate surface area is 162 Å². The number of likely N-dealkylation sites (tertiary alicyclic amines) is 1. The van der Waals surface area contributed by atoms with Crippen molar-refractivity contribution < 1.29 is 14.5 Å². The number of amides is 2. The zero-order chi connectivity index (χ0) is 19.9. The van der Waals surface area contributed by atoms with Gasteiger partial charge in [-0.1, -0.05) is 30.3 Å². The number of carbonyl (C=O) groups excluding carboxylic acids is 2. The third-order valence-electron chi connectivity index (χ3n) is 4.70. The first-order chi connectivity index (χ1) is 13.5. The number of carbonyl (C=O) groups is 2. The van der Waals surface area contributed by atoms with Gasteiger partial charge >= 0.3 is 0 Å². The second kappa shape index (κ2) is 9.09. The summed E-state index contributed by atoms with van der Waals surface area (Å²) in [6.45, 7) is 1.50. The van der Waals surface area contributed by atoms with Crippen LogP contribution in [0, 0.1) is 10.1 Å². The SMILES string of the molecule is O=C(CN1CCC(NC(=O)c2ccccc2)CC1)Nc1ccccc1[N+](=O)[O-]. The van der Waals surface area contributed by atoms with Crippen LogP contribution >= 0.6 is 0 Å². The van der Waals surface area contributed by atoms with Crippen LogP contribution in [0.3, 0.4) is 0 Å². The smallest absolute Gasteiger partial charge is 0.292 e. The fraction of sp³-hybridized carbons (Fsp3) is 0.300. The number of nitrogens with one attached hydrogen (secondary N) is 2. The van der Waals surface area contributed by atoms with Gasteiger partial charge in [0.05, 0.1) is 11.5 Å². The monoisotopic (exact) mass is 382 g/mol. The highest BCUT2D eigenvalue weighted by Gasteiger charge is 2.23. The lowest BCUT2D eigenvalue weighted by molar-refractivity contribution is -0.383. The molecule has 0 unspecified atom stereocenters. The van der Waals surface area contributed by atoms with Crippen molar-refractivity contribution in [2.24, 2.45) is 0 Å². The van der Waals surface area contributed by atoms with Crippen molar-refractivity contribution in [3.8, 4) is 0 Å². The number of anilines is 1. The van der Waals surface area contributed by atoms with Gasteiger partial charge in [0, 0.05) is 30.8 Å². The predicted molar refractivity (Wildman–Crippen MR) is 105 cm³/mol. The standard InChI is InChI=1S/C20H22N4O4/c25-19(22-17-8-4-5-9-18(17)24(27)28)14-23-12-10-16(11-13-23)21-20(26)15-6-2-1-3-7-15/h1-9,16H,10-14H2,(H,21,26)(H,22,25). The Balaban J connectivity index is 1.46. The number of nitrogens with zero attached hydrogens (tertiary/aromatic N) is 2. The van der Waals surface area contributed by atoms with Gasteiger partial charge in [-0.15, -0.1) is 0 Å². The molecular weight excluding hydrogens is 360 g/mol. The Kier molecular flexibility index (Phi) is 6.33. The van der Waals surface area contributed by atoms with E-state index in [0.29, 0.717) is 18.7 Å². The minimum atomic E-state index is -0.517. The maximum atomic E-state index is 12.3. The number of hydrogen-bond acceptors (Lipinski definition) is 5. The maximum Gasteiger partial charge on any atom is 0.292 e. The molecule has 8 nitrogen and oxygen atoms in total. The van der Waals surface area contributed by atoms with Crippen LogP contribution in [0.4, 0.5) is 11.4 Å². The zero-order valence-corrected chi connectivity index (χ0v) is 15.3. The van der Waals surface area contributed by atoms with Gasteiger partial charge in [-0.3, -0.25) is 24.6 Å². The van der Waals surface area contributed by atoms with Crippen LogP contribution in [0.15, 0.2) is 54.6 Å². The number of para-hydroxylation sites is 2. The van der Waals surface area contributed by atoms with Crippen molar-refractivity contribution in [1.29, 1.82) is 0 Å². The Morgan fingerprint density at radius 1 is 1.04 bits per heavy atom. The number of rotatable bonds is 6. The lowest BCUT2D eigenvalue weighted by Gasteiger charge is -2.31. The molecule has 3 rings (SSSR count). The Bertz CT molecular complexity index is 848. The summed E-state index contributed by atoms with van der Waals surface area (Å²) in [4.78, 5) is 37.0. The topological polar surface area (TPSA) is 105 Å². The van der Waals surface area contributed by atoms with Crippen LogP contribution in [-0.4, -0.2) is 47.3 Å². The molecule has 0 radical (unpaired) electrons. The number of piperidine rings is 1. The Morgan fingerprint density at radius 2 is 1.68 bits per heavy atom. The van der Waals surface area contributed by atoms with Crippen molar-refractivity contribution >= 4 is 23.2 Å². The summed E-state index contributed by atoms with van der Waals surface area (Å²) in [6, 6.07) is 15.2. The van der Waals surface area contributed by atoms with Crippen molar-refractivity contribution in [3.63, 3.8) is 0 Å². The molecule has 0 aliphatic carbocycles. The molecule has 1 aliphatic rings. The fourth-order valence-electron chi connectivity index (χ4n) is 3.23. The molecule has 28 heavy (non-hydrogen) atoms. The molecule has 2 N–H and O–H groups in total. The molecule has 0 atom stereocenters. The lowest BCUT2D eigenvalue weighted by atomic mass is 10.0. The summed E-state index contributed by atoms with van der Waals surface area (Å²) in [5.74, 6) is -0.380. The first kappa shape index (κ1) is 19.5. The second-order valence-corrected chi connectivity index (χ2v) is 6.71. The van der Waals surface area contributed by atoms with E-state index in [4.69, 9.17) is 0 Å². The lowest BCUT2D eigenvalue weighted by Crippen LogP contribution is -2.46. The van der Waals surface area contributed by atoms with E-state index >= 15 is 0 Å². The number of benzene rings is 2. The molecule has 0 aromatic heterocycles.